The monoisotopic (exact) mass is 401 g/mol. The van der Waals surface area contributed by atoms with Crippen LogP contribution in [-0.4, -0.2) is 96.8 Å². The summed E-state index contributed by atoms with van der Waals surface area (Å²) in [5.41, 5.74) is 0.765. The number of piperidine rings is 1. The van der Waals surface area contributed by atoms with E-state index in [0.717, 1.165) is 19.5 Å². The minimum atomic E-state index is -1.13. The summed E-state index contributed by atoms with van der Waals surface area (Å²) in [5.74, 6) is 0.170. The minimum Gasteiger partial charge on any atom is -0.380 e. The van der Waals surface area contributed by atoms with Crippen molar-refractivity contribution in [2.45, 2.75) is 36.9 Å². The average molecular weight is 402 g/mol. The van der Waals surface area contributed by atoms with Crippen LogP contribution in [0.25, 0.3) is 0 Å². The number of carbonyl (C=O) groups excluding carboxylic acids is 2. The molecule has 0 aromatic heterocycles. The molecule has 1 aliphatic carbocycles. The Morgan fingerprint density at radius 1 is 1.03 bits per heavy atom. The summed E-state index contributed by atoms with van der Waals surface area (Å²) in [6, 6.07) is 7.93. The lowest BCUT2D eigenvalue weighted by Crippen LogP contribution is -2.53. The van der Waals surface area contributed by atoms with Crippen LogP contribution in [0.3, 0.4) is 0 Å². The lowest BCUT2D eigenvalue weighted by atomic mass is 9.86. The van der Waals surface area contributed by atoms with Crippen molar-refractivity contribution in [3.63, 3.8) is 0 Å². The first-order valence-corrected chi connectivity index (χ1v) is 10.5. The highest BCUT2D eigenvalue weighted by Gasteiger charge is 2.50. The number of likely N-dealkylation sites (tertiary alicyclic amines) is 1. The third-order valence-corrected chi connectivity index (χ3v) is 6.63. The first-order valence-electron chi connectivity index (χ1n) is 10.5. The van der Waals surface area contributed by atoms with Crippen molar-refractivity contribution in [3.05, 3.63) is 35.4 Å². The van der Waals surface area contributed by atoms with Crippen LogP contribution in [0.4, 0.5) is 0 Å². The number of likely N-dealkylation sites (N-methyl/N-ethyl adjacent to an activating group) is 1. The number of benzene rings is 1. The van der Waals surface area contributed by atoms with E-state index >= 15 is 0 Å². The Balaban J connectivity index is 1.35. The normalized spacial score (nSPS) is 27.0. The minimum absolute atomic E-state index is 0.000418. The second-order valence-electron chi connectivity index (χ2n) is 8.67. The van der Waals surface area contributed by atoms with Crippen LogP contribution in [0.15, 0.2) is 24.3 Å². The zero-order valence-electron chi connectivity index (χ0n) is 17.3. The molecule has 29 heavy (non-hydrogen) atoms. The molecule has 1 aromatic carbocycles. The van der Waals surface area contributed by atoms with Crippen LogP contribution in [-0.2, 0) is 9.53 Å². The number of methoxy groups -OCH3 is 1. The van der Waals surface area contributed by atoms with E-state index < -0.39 is 5.60 Å². The number of hydrogen-bond donors (Lipinski definition) is 1. The third kappa shape index (κ3) is 4.17. The SMILES string of the molecule is COC1CN(C)CCC1c1ccc(C(=O)N2CCN(C(=O)C3(O)CC3)CC2)cc1. The summed E-state index contributed by atoms with van der Waals surface area (Å²) in [5, 5.41) is 10.0. The number of rotatable bonds is 4. The van der Waals surface area contributed by atoms with Crippen LogP contribution < -0.4 is 0 Å². The molecule has 0 radical (unpaired) electrons. The summed E-state index contributed by atoms with van der Waals surface area (Å²) in [7, 11) is 3.88. The molecule has 2 unspecified atom stereocenters. The lowest BCUT2D eigenvalue weighted by Gasteiger charge is -2.36. The van der Waals surface area contributed by atoms with Crippen molar-refractivity contribution in [1.82, 2.24) is 14.7 Å². The van der Waals surface area contributed by atoms with Crippen LogP contribution in [0.1, 0.15) is 41.1 Å². The Morgan fingerprint density at radius 2 is 1.66 bits per heavy atom. The van der Waals surface area contributed by atoms with E-state index in [9.17, 15) is 14.7 Å². The molecule has 4 rings (SSSR count). The molecule has 7 nitrogen and oxygen atoms in total. The van der Waals surface area contributed by atoms with E-state index in [2.05, 4.69) is 24.1 Å². The van der Waals surface area contributed by atoms with Crippen LogP contribution >= 0.6 is 0 Å². The van der Waals surface area contributed by atoms with Gasteiger partial charge in [0.1, 0.15) is 5.60 Å². The Labute approximate surface area is 172 Å². The maximum atomic E-state index is 12.9. The van der Waals surface area contributed by atoms with Gasteiger partial charge in [-0.3, -0.25) is 9.59 Å². The zero-order chi connectivity index (χ0) is 20.6. The molecule has 2 saturated heterocycles. The summed E-state index contributed by atoms with van der Waals surface area (Å²) in [6.07, 6.45) is 2.32. The van der Waals surface area contributed by atoms with Crippen LogP contribution in [0.2, 0.25) is 0 Å². The second-order valence-corrected chi connectivity index (χ2v) is 8.67. The van der Waals surface area contributed by atoms with Crippen molar-refractivity contribution in [1.29, 1.82) is 0 Å². The number of piperazine rings is 1. The van der Waals surface area contributed by atoms with Crippen molar-refractivity contribution in [2.75, 3.05) is 53.4 Å². The summed E-state index contributed by atoms with van der Waals surface area (Å²) < 4.78 is 5.69. The van der Waals surface area contributed by atoms with Gasteiger partial charge in [-0.25, -0.2) is 0 Å². The number of nitrogens with zero attached hydrogens (tertiary/aromatic N) is 3. The molecule has 2 heterocycles. The van der Waals surface area contributed by atoms with E-state index in [1.807, 2.05) is 12.1 Å². The molecular weight excluding hydrogens is 370 g/mol. The molecule has 1 aromatic rings. The van der Waals surface area contributed by atoms with E-state index in [1.54, 1.807) is 16.9 Å². The van der Waals surface area contributed by atoms with Crippen molar-refractivity contribution in [2.24, 2.45) is 0 Å². The number of ether oxygens (including phenoxy) is 1. The second kappa shape index (κ2) is 8.05. The van der Waals surface area contributed by atoms with Crippen molar-refractivity contribution < 1.29 is 19.4 Å². The molecule has 0 spiro atoms. The fourth-order valence-corrected chi connectivity index (χ4v) is 4.49. The predicted molar refractivity (Wildman–Crippen MR) is 109 cm³/mol. The van der Waals surface area contributed by atoms with Crippen molar-refractivity contribution >= 4 is 11.8 Å². The fraction of sp³-hybridized carbons (Fsp3) is 0.636. The highest BCUT2D eigenvalue weighted by molar-refractivity contribution is 5.94. The smallest absolute Gasteiger partial charge is 0.254 e. The standard InChI is InChI=1S/C22H31N3O4/c1-23-10-7-18(19(15-23)29-2)16-3-5-17(6-4-16)20(26)24-11-13-25(14-12-24)21(27)22(28)8-9-22/h3-6,18-19,28H,7-15H2,1-2H3. The molecule has 7 heteroatoms. The van der Waals surface area contributed by atoms with Gasteiger partial charge in [0.2, 0.25) is 0 Å². The molecule has 3 fully saturated rings. The van der Waals surface area contributed by atoms with Gasteiger partial charge in [-0.2, -0.15) is 0 Å². The number of hydrogen-bond acceptors (Lipinski definition) is 5. The fourth-order valence-electron chi connectivity index (χ4n) is 4.49. The van der Waals surface area contributed by atoms with Gasteiger partial charge in [0, 0.05) is 51.3 Å². The van der Waals surface area contributed by atoms with Gasteiger partial charge in [0.15, 0.2) is 0 Å². The van der Waals surface area contributed by atoms with E-state index in [0.29, 0.717) is 50.5 Å². The highest BCUT2D eigenvalue weighted by Crippen LogP contribution is 2.37. The molecule has 2 atom stereocenters. The topological polar surface area (TPSA) is 73.3 Å². The molecule has 3 aliphatic rings. The van der Waals surface area contributed by atoms with Gasteiger partial charge < -0.3 is 24.5 Å². The van der Waals surface area contributed by atoms with E-state index in [1.165, 1.54) is 5.56 Å². The van der Waals surface area contributed by atoms with Gasteiger partial charge >= 0.3 is 0 Å². The summed E-state index contributed by atoms with van der Waals surface area (Å²) in [6.45, 7) is 3.93. The average Bonchev–Trinajstić information content (AvgIpc) is 3.51. The Hall–Kier alpha value is -1.96. The van der Waals surface area contributed by atoms with Gasteiger partial charge in [0.05, 0.1) is 6.10 Å². The Morgan fingerprint density at radius 3 is 2.24 bits per heavy atom. The molecule has 158 valence electrons. The summed E-state index contributed by atoms with van der Waals surface area (Å²) in [4.78, 5) is 30.9. The number of carbonyl (C=O) groups is 2. The Bertz CT molecular complexity index is 754. The maximum Gasteiger partial charge on any atom is 0.254 e. The van der Waals surface area contributed by atoms with Crippen LogP contribution in [0.5, 0.6) is 0 Å². The highest BCUT2D eigenvalue weighted by atomic mass is 16.5. The summed E-state index contributed by atoms with van der Waals surface area (Å²) >= 11 is 0. The molecular formula is C22H31N3O4. The van der Waals surface area contributed by atoms with Crippen LogP contribution in [0, 0.1) is 0 Å². The first kappa shape index (κ1) is 20.3. The van der Waals surface area contributed by atoms with E-state index in [-0.39, 0.29) is 17.9 Å². The Kier molecular flexibility index (Phi) is 5.64. The van der Waals surface area contributed by atoms with Gasteiger partial charge in [0.25, 0.3) is 11.8 Å². The third-order valence-electron chi connectivity index (χ3n) is 6.63. The number of aliphatic hydroxyl groups is 1. The molecule has 1 N–H and O–H groups in total. The van der Waals surface area contributed by atoms with Crippen molar-refractivity contribution in [3.8, 4) is 0 Å². The zero-order valence-corrected chi connectivity index (χ0v) is 17.3. The molecule has 2 aliphatic heterocycles. The lowest BCUT2D eigenvalue weighted by molar-refractivity contribution is -0.143. The largest absolute Gasteiger partial charge is 0.380 e. The molecule has 1 saturated carbocycles. The van der Waals surface area contributed by atoms with E-state index in [4.69, 9.17) is 4.74 Å². The molecule has 0 bridgehead atoms. The first-order chi connectivity index (χ1) is 13.9. The number of amides is 2. The van der Waals surface area contributed by atoms with Gasteiger partial charge in [-0.05, 0) is 50.6 Å². The van der Waals surface area contributed by atoms with Gasteiger partial charge in [-0.15, -0.1) is 0 Å². The predicted octanol–water partition coefficient (Wildman–Crippen LogP) is 0.930. The molecule has 2 amide bonds. The van der Waals surface area contributed by atoms with Gasteiger partial charge in [-0.1, -0.05) is 12.1 Å². The maximum absolute atomic E-state index is 12.9. The quantitative estimate of drug-likeness (QED) is 0.813.